The van der Waals surface area contributed by atoms with Crippen molar-refractivity contribution < 1.29 is 14.9 Å². The third kappa shape index (κ3) is 4.88. The van der Waals surface area contributed by atoms with Gasteiger partial charge < -0.3 is 15.2 Å². The Balaban J connectivity index is 2.69. The SMILES string of the molecule is C=CCNC(=S)N/[NH+]=C/c1cc(Br)c(O)c(OC)c1. The van der Waals surface area contributed by atoms with Crippen LogP contribution in [0.4, 0.5) is 0 Å². The Hall–Kier alpha value is -1.60. The highest BCUT2D eigenvalue weighted by molar-refractivity contribution is 9.10. The summed E-state index contributed by atoms with van der Waals surface area (Å²) in [6.45, 7) is 4.17. The molecule has 102 valence electrons. The Morgan fingerprint density at radius 1 is 1.63 bits per heavy atom. The van der Waals surface area contributed by atoms with Gasteiger partial charge in [-0.3, -0.25) is 0 Å². The average Bonchev–Trinajstić information content (AvgIpc) is 2.40. The second kappa shape index (κ2) is 7.75. The number of methoxy groups -OCH3 is 1. The Morgan fingerprint density at radius 2 is 2.37 bits per heavy atom. The van der Waals surface area contributed by atoms with E-state index in [9.17, 15) is 5.11 Å². The van der Waals surface area contributed by atoms with Crippen molar-refractivity contribution in [1.29, 1.82) is 0 Å². The summed E-state index contributed by atoms with van der Waals surface area (Å²) in [5.74, 6) is 0.450. The first-order valence-electron chi connectivity index (χ1n) is 5.38. The van der Waals surface area contributed by atoms with Gasteiger partial charge in [-0.2, -0.15) is 0 Å². The predicted molar refractivity (Wildman–Crippen MR) is 82.4 cm³/mol. The van der Waals surface area contributed by atoms with E-state index in [4.69, 9.17) is 17.0 Å². The van der Waals surface area contributed by atoms with Gasteiger partial charge in [0.05, 0.1) is 11.6 Å². The van der Waals surface area contributed by atoms with Crippen molar-refractivity contribution in [2.24, 2.45) is 0 Å². The monoisotopic (exact) mass is 344 g/mol. The lowest BCUT2D eigenvalue weighted by Crippen LogP contribution is -2.82. The number of hydrogen-bond acceptors (Lipinski definition) is 3. The van der Waals surface area contributed by atoms with Gasteiger partial charge in [-0.15, -0.1) is 17.1 Å². The van der Waals surface area contributed by atoms with Crippen LogP contribution in [0.25, 0.3) is 0 Å². The summed E-state index contributed by atoms with van der Waals surface area (Å²) in [6, 6.07) is 3.43. The van der Waals surface area contributed by atoms with E-state index in [1.54, 1.807) is 24.4 Å². The van der Waals surface area contributed by atoms with Gasteiger partial charge in [-0.1, -0.05) is 6.08 Å². The van der Waals surface area contributed by atoms with E-state index in [1.807, 2.05) is 0 Å². The van der Waals surface area contributed by atoms with E-state index in [1.165, 1.54) is 7.11 Å². The Morgan fingerprint density at radius 3 is 3.00 bits per heavy atom. The number of benzene rings is 1. The third-order valence-electron chi connectivity index (χ3n) is 2.10. The molecule has 0 aliphatic rings. The van der Waals surface area contributed by atoms with Crippen molar-refractivity contribution >= 4 is 39.5 Å². The van der Waals surface area contributed by atoms with E-state index in [2.05, 4.69) is 38.4 Å². The number of phenolic OH excluding ortho intramolecular Hbond substituents is 1. The molecule has 5 nitrogen and oxygen atoms in total. The highest BCUT2D eigenvalue weighted by Gasteiger charge is 2.08. The van der Waals surface area contributed by atoms with E-state index < -0.39 is 0 Å². The number of rotatable bonds is 5. The number of hydrazine groups is 1. The van der Waals surface area contributed by atoms with Gasteiger partial charge in [0.1, 0.15) is 0 Å². The van der Waals surface area contributed by atoms with Crippen LogP contribution < -0.4 is 20.6 Å². The lowest BCUT2D eigenvalue weighted by molar-refractivity contribution is -0.500. The molecule has 0 fully saturated rings. The first-order chi connectivity index (χ1) is 9.08. The van der Waals surface area contributed by atoms with Crippen LogP contribution >= 0.6 is 28.1 Å². The molecule has 0 amide bonds. The zero-order valence-electron chi connectivity index (χ0n) is 10.4. The number of phenols is 1. The molecule has 7 heteroatoms. The molecular weight excluding hydrogens is 330 g/mol. The smallest absolute Gasteiger partial charge is 0.224 e. The number of halogens is 1. The topological polar surface area (TPSA) is 67.5 Å². The Labute approximate surface area is 125 Å². The number of hydrogen-bond donors (Lipinski definition) is 4. The Kier molecular flexibility index (Phi) is 6.31. The molecule has 0 radical (unpaired) electrons. The first-order valence-corrected chi connectivity index (χ1v) is 6.58. The van der Waals surface area contributed by atoms with E-state index in [0.29, 0.717) is 21.9 Å². The van der Waals surface area contributed by atoms with Gasteiger partial charge >= 0.3 is 0 Å². The first kappa shape index (κ1) is 15.5. The summed E-state index contributed by atoms with van der Waals surface area (Å²) in [5.41, 5.74) is 3.59. The van der Waals surface area contributed by atoms with E-state index >= 15 is 0 Å². The van der Waals surface area contributed by atoms with Crippen LogP contribution in [0, 0.1) is 0 Å². The summed E-state index contributed by atoms with van der Waals surface area (Å²) in [7, 11) is 1.49. The molecule has 0 aliphatic heterocycles. The van der Waals surface area contributed by atoms with Gasteiger partial charge in [-0.05, 0) is 40.3 Å². The van der Waals surface area contributed by atoms with Gasteiger partial charge in [0.25, 0.3) is 0 Å². The molecule has 19 heavy (non-hydrogen) atoms. The van der Waals surface area contributed by atoms with Crippen LogP contribution in [0.2, 0.25) is 0 Å². The molecule has 0 saturated carbocycles. The number of nitrogens with one attached hydrogen (secondary N) is 3. The maximum absolute atomic E-state index is 9.67. The average molecular weight is 345 g/mol. The largest absolute Gasteiger partial charge is 0.503 e. The molecular formula is C12H15BrN3O2S+. The molecule has 1 rings (SSSR count). The minimum Gasteiger partial charge on any atom is -0.503 e. The van der Waals surface area contributed by atoms with Gasteiger partial charge in [0.2, 0.25) is 5.11 Å². The number of aromatic hydroxyl groups is 1. The minimum atomic E-state index is 0.0655. The Bertz CT molecular complexity index is 506. The van der Waals surface area contributed by atoms with Crippen molar-refractivity contribution in [3.63, 3.8) is 0 Å². The maximum atomic E-state index is 9.67. The summed E-state index contributed by atoms with van der Waals surface area (Å²) >= 11 is 8.25. The predicted octanol–water partition coefficient (Wildman–Crippen LogP) is 0.228. The van der Waals surface area contributed by atoms with Crippen LogP contribution in [0.5, 0.6) is 11.5 Å². The van der Waals surface area contributed by atoms with Gasteiger partial charge in [0, 0.05) is 12.1 Å². The van der Waals surface area contributed by atoms with Crippen LogP contribution in [-0.2, 0) is 0 Å². The second-order valence-electron chi connectivity index (χ2n) is 3.47. The summed E-state index contributed by atoms with van der Waals surface area (Å²) < 4.78 is 5.60. The van der Waals surface area contributed by atoms with Crippen molar-refractivity contribution in [2.75, 3.05) is 13.7 Å². The number of thiocarbonyl (C=S) groups is 1. The zero-order chi connectivity index (χ0) is 14.3. The van der Waals surface area contributed by atoms with Gasteiger partial charge in [0.15, 0.2) is 17.7 Å². The van der Waals surface area contributed by atoms with Crippen molar-refractivity contribution in [3.05, 3.63) is 34.8 Å². The van der Waals surface area contributed by atoms with Crippen LogP contribution in [0.3, 0.4) is 0 Å². The van der Waals surface area contributed by atoms with Gasteiger partial charge in [-0.25, -0.2) is 0 Å². The molecule has 1 aromatic rings. The fourth-order valence-corrected chi connectivity index (χ4v) is 1.83. The summed E-state index contributed by atoms with van der Waals surface area (Å²) in [6.07, 6.45) is 3.40. The third-order valence-corrected chi connectivity index (χ3v) is 2.95. The molecule has 0 atom stereocenters. The molecule has 0 aromatic heterocycles. The normalized spacial score (nSPS) is 10.2. The fourth-order valence-electron chi connectivity index (χ4n) is 1.23. The standard InChI is InChI=1S/C12H14BrN3O2S/c1-3-4-14-12(19)16-15-7-8-5-9(13)11(17)10(6-8)18-2/h3,5-7,17H,1,4H2,2H3,(H2,14,16,19)/p+1/b15-7+. The zero-order valence-corrected chi connectivity index (χ0v) is 12.8. The molecule has 0 unspecified atom stereocenters. The quantitative estimate of drug-likeness (QED) is 0.266. The lowest BCUT2D eigenvalue weighted by atomic mass is 10.2. The molecule has 0 spiro atoms. The molecule has 0 heterocycles. The minimum absolute atomic E-state index is 0.0655. The fraction of sp³-hybridized carbons (Fsp3) is 0.167. The summed E-state index contributed by atoms with van der Waals surface area (Å²) in [4.78, 5) is 0. The lowest BCUT2D eigenvalue weighted by Gasteiger charge is -2.05. The molecule has 0 bridgehead atoms. The van der Waals surface area contributed by atoms with E-state index in [0.717, 1.165) is 5.56 Å². The van der Waals surface area contributed by atoms with Crippen molar-refractivity contribution in [2.45, 2.75) is 0 Å². The molecule has 4 N–H and O–H groups in total. The van der Waals surface area contributed by atoms with Crippen LogP contribution in [0.1, 0.15) is 5.56 Å². The molecule has 1 aromatic carbocycles. The molecule has 0 saturated heterocycles. The molecule has 0 aliphatic carbocycles. The van der Waals surface area contributed by atoms with Crippen LogP contribution in [-0.4, -0.2) is 30.1 Å². The highest BCUT2D eigenvalue weighted by Crippen LogP contribution is 2.34. The highest BCUT2D eigenvalue weighted by atomic mass is 79.9. The summed E-state index contributed by atoms with van der Waals surface area (Å²) in [5, 5.41) is 15.9. The van der Waals surface area contributed by atoms with Crippen molar-refractivity contribution in [1.82, 2.24) is 10.7 Å². The van der Waals surface area contributed by atoms with E-state index in [-0.39, 0.29) is 5.75 Å². The second-order valence-corrected chi connectivity index (χ2v) is 4.73. The van der Waals surface area contributed by atoms with Crippen LogP contribution in [0.15, 0.2) is 29.3 Å². The number of hydrazone groups is 1. The number of ether oxygens (including phenoxy) is 1. The van der Waals surface area contributed by atoms with Crippen molar-refractivity contribution in [3.8, 4) is 11.5 Å². The maximum Gasteiger partial charge on any atom is 0.224 e.